The van der Waals surface area contributed by atoms with E-state index < -0.39 is 0 Å². The Labute approximate surface area is 86.4 Å². The Balaban J connectivity index is 1.89. The van der Waals surface area contributed by atoms with Crippen LogP contribution in [0.2, 0.25) is 0 Å². The average Bonchev–Trinajstić information content (AvgIpc) is 2.67. The van der Waals surface area contributed by atoms with Crippen molar-refractivity contribution in [1.29, 1.82) is 0 Å². The van der Waals surface area contributed by atoms with Crippen LogP contribution in [-0.4, -0.2) is 36.6 Å². The number of nitrogens with one attached hydrogen (secondary N) is 1. The highest BCUT2D eigenvalue weighted by Crippen LogP contribution is 2.23. The molecule has 1 aromatic rings. The van der Waals surface area contributed by atoms with Gasteiger partial charge in [0.25, 0.3) is 5.19 Å². The Morgan fingerprint density at radius 2 is 2.50 bits per heavy atom. The van der Waals surface area contributed by atoms with Crippen molar-refractivity contribution in [2.45, 2.75) is 18.9 Å². The molecule has 5 nitrogen and oxygen atoms in total. The van der Waals surface area contributed by atoms with Crippen LogP contribution in [0.4, 0.5) is 5.13 Å². The van der Waals surface area contributed by atoms with Gasteiger partial charge >= 0.3 is 0 Å². The molecule has 1 aliphatic heterocycles. The minimum atomic E-state index is 0.362. The number of hydrogen-bond donors (Lipinski definition) is 1. The van der Waals surface area contributed by atoms with E-state index in [2.05, 4.69) is 15.5 Å². The van der Waals surface area contributed by atoms with Crippen LogP contribution in [0, 0.1) is 0 Å². The first-order chi connectivity index (χ1) is 6.88. The number of ether oxygens (including phenoxy) is 2. The van der Waals surface area contributed by atoms with Crippen LogP contribution in [0.3, 0.4) is 0 Å². The Morgan fingerprint density at radius 1 is 1.57 bits per heavy atom. The van der Waals surface area contributed by atoms with E-state index in [1.54, 1.807) is 7.11 Å². The van der Waals surface area contributed by atoms with Crippen LogP contribution in [0.5, 0.6) is 5.19 Å². The zero-order valence-electron chi connectivity index (χ0n) is 8.02. The van der Waals surface area contributed by atoms with Crippen molar-refractivity contribution in [2.24, 2.45) is 0 Å². The van der Waals surface area contributed by atoms with Crippen molar-refractivity contribution in [2.75, 3.05) is 25.6 Å². The molecule has 1 unspecified atom stereocenters. The van der Waals surface area contributed by atoms with Gasteiger partial charge in [-0.05, 0) is 24.2 Å². The van der Waals surface area contributed by atoms with Crippen molar-refractivity contribution >= 4 is 16.5 Å². The lowest BCUT2D eigenvalue weighted by Crippen LogP contribution is -2.29. The first-order valence-corrected chi connectivity index (χ1v) is 5.42. The molecular weight excluding hydrogens is 202 g/mol. The van der Waals surface area contributed by atoms with E-state index in [-0.39, 0.29) is 0 Å². The minimum Gasteiger partial charge on any atom is -0.472 e. The summed E-state index contributed by atoms with van der Waals surface area (Å²) in [5.41, 5.74) is 0. The minimum absolute atomic E-state index is 0.362. The standard InChI is InChI=1S/C8H13N3O2S/c1-12-8-11-10-7(14-8)9-6-3-2-4-13-5-6/h6H,2-5H2,1H3,(H,9,10). The van der Waals surface area contributed by atoms with Crippen molar-refractivity contribution in [3.63, 3.8) is 0 Å². The van der Waals surface area contributed by atoms with Crippen LogP contribution >= 0.6 is 11.3 Å². The Bertz CT molecular complexity index is 286. The number of methoxy groups -OCH3 is 1. The molecule has 0 spiro atoms. The normalized spacial score (nSPS) is 21.9. The van der Waals surface area contributed by atoms with Crippen LogP contribution in [-0.2, 0) is 4.74 Å². The molecule has 78 valence electrons. The second-order valence-corrected chi connectivity index (χ2v) is 4.08. The second-order valence-electron chi connectivity index (χ2n) is 3.14. The zero-order valence-corrected chi connectivity index (χ0v) is 8.84. The van der Waals surface area contributed by atoms with Crippen LogP contribution in [0.15, 0.2) is 0 Å². The van der Waals surface area contributed by atoms with Gasteiger partial charge in [0.2, 0.25) is 5.13 Å². The molecule has 0 radical (unpaired) electrons. The second kappa shape index (κ2) is 4.56. The number of anilines is 1. The number of nitrogens with zero attached hydrogens (tertiary/aromatic N) is 2. The van der Waals surface area contributed by atoms with Gasteiger partial charge in [0, 0.05) is 6.61 Å². The van der Waals surface area contributed by atoms with E-state index in [4.69, 9.17) is 9.47 Å². The van der Waals surface area contributed by atoms with Gasteiger partial charge in [-0.1, -0.05) is 5.10 Å². The van der Waals surface area contributed by atoms with Gasteiger partial charge in [0.1, 0.15) is 0 Å². The lowest BCUT2D eigenvalue weighted by molar-refractivity contribution is 0.0876. The quantitative estimate of drug-likeness (QED) is 0.819. The molecule has 1 N–H and O–H groups in total. The first-order valence-electron chi connectivity index (χ1n) is 4.60. The average molecular weight is 215 g/mol. The summed E-state index contributed by atoms with van der Waals surface area (Å²) in [6, 6.07) is 0.362. The fourth-order valence-electron chi connectivity index (χ4n) is 1.38. The summed E-state index contributed by atoms with van der Waals surface area (Å²) in [7, 11) is 1.59. The summed E-state index contributed by atoms with van der Waals surface area (Å²) in [5.74, 6) is 0. The summed E-state index contributed by atoms with van der Waals surface area (Å²) < 4.78 is 10.3. The summed E-state index contributed by atoms with van der Waals surface area (Å²) in [6.45, 7) is 1.62. The third-order valence-electron chi connectivity index (χ3n) is 2.07. The van der Waals surface area contributed by atoms with Crippen molar-refractivity contribution in [3.8, 4) is 5.19 Å². The van der Waals surface area contributed by atoms with Gasteiger partial charge < -0.3 is 14.8 Å². The SMILES string of the molecule is COc1nnc(NC2CCCOC2)s1. The summed E-state index contributed by atoms with van der Waals surface area (Å²) in [4.78, 5) is 0. The van der Waals surface area contributed by atoms with Crippen molar-refractivity contribution in [3.05, 3.63) is 0 Å². The third kappa shape index (κ3) is 2.33. The van der Waals surface area contributed by atoms with Gasteiger partial charge in [-0.2, -0.15) is 0 Å². The molecule has 1 atom stereocenters. The topological polar surface area (TPSA) is 56.3 Å². The van der Waals surface area contributed by atoms with Crippen molar-refractivity contribution < 1.29 is 9.47 Å². The maximum absolute atomic E-state index is 5.35. The molecular formula is C8H13N3O2S. The van der Waals surface area contributed by atoms with E-state index in [0.717, 1.165) is 31.2 Å². The first kappa shape index (κ1) is 9.67. The van der Waals surface area contributed by atoms with Gasteiger partial charge in [-0.25, -0.2) is 0 Å². The van der Waals surface area contributed by atoms with E-state index in [1.807, 2.05) is 0 Å². The fraction of sp³-hybridized carbons (Fsp3) is 0.750. The van der Waals surface area contributed by atoms with E-state index in [0.29, 0.717) is 11.2 Å². The highest BCUT2D eigenvalue weighted by Gasteiger charge is 2.15. The molecule has 1 fully saturated rings. The summed E-state index contributed by atoms with van der Waals surface area (Å²) in [6.07, 6.45) is 2.23. The third-order valence-corrected chi connectivity index (χ3v) is 2.88. The predicted molar refractivity (Wildman–Crippen MR) is 53.9 cm³/mol. The molecule has 1 aromatic heterocycles. The number of rotatable bonds is 3. The smallest absolute Gasteiger partial charge is 0.295 e. The highest BCUT2D eigenvalue weighted by atomic mass is 32.1. The maximum Gasteiger partial charge on any atom is 0.295 e. The number of hydrogen-bond acceptors (Lipinski definition) is 6. The van der Waals surface area contributed by atoms with Gasteiger partial charge in [0.15, 0.2) is 0 Å². The molecule has 1 aliphatic rings. The molecule has 2 heterocycles. The summed E-state index contributed by atoms with van der Waals surface area (Å²) >= 11 is 1.42. The van der Waals surface area contributed by atoms with Gasteiger partial charge in [0.05, 0.1) is 19.8 Å². The molecule has 0 saturated carbocycles. The fourth-order valence-corrected chi connectivity index (χ4v) is 2.02. The van der Waals surface area contributed by atoms with Gasteiger partial charge in [-0.3, -0.25) is 0 Å². The van der Waals surface area contributed by atoms with E-state index in [1.165, 1.54) is 11.3 Å². The Hall–Kier alpha value is -0.880. The Morgan fingerprint density at radius 3 is 3.14 bits per heavy atom. The lowest BCUT2D eigenvalue weighted by Gasteiger charge is -2.22. The summed E-state index contributed by atoms with van der Waals surface area (Å²) in [5, 5.41) is 12.5. The van der Waals surface area contributed by atoms with E-state index >= 15 is 0 Å². The molecule has 2 rings (SSSR count). The predicted octanol–water partition coefficient (Wildman–Crippen LogP) is 1.14. The molecule has 0 amide bonds. The molecule has 6 heteroatoms. The molecule has 1 saturated heterocycles. The van der Waals surface area contributed by atoms with Crippen LogP contribution in [0.25, 0.3) is 0 Å². The lowest BCUT2D eigenvalue weighted by atomic mass is 10.1. The Kier molecular flexibility index (Phi) is 3.15. The monoisotopic (exact) mass is 215 g/mol. The van der Waals surface area contributed by atoms with Crippen LogP contribution < -0.4 is 10.1 Å². The molecule has 0 bridgehead atoms. The van der Waals surface area contributed by atoms with Crippen LogP contribution in [0.1, 0.15) is 12.8 Å². The number of aromatic nitrogens is 2. The molecule has 0 aromatic carbocycles. The van der Waals surface area contributed by atoms with Gasteiger partial charge in [-0.15, -0.1) is 5.10 Å². The van der Waals surface area contributed by atoms with E-state index in [9.17, 15) is 0 Å². The molecule has 14 heavy (non-hydrogen) atoms. The maximum atomic E-state index is 5.35. The highest BCUT2D eigenvalue weighted by molar-refractivity contribution is 7.16. The zero-order chi connectivity index (χ0) is 9.80. The molecule has 0 aliphatic carbocycles. The largest absolute Gasteiger partial charge is 0.472 e. The van der Waals surface area contributed by atoms with Crippen molar-refractivity contribution in [1.82, 2.24) is 10.2 Å².